The predicted octanol–water partition coefficient (Wildman–Crippen LogP) is 4.46. The fraction of sp³-hybridized carbons (Fsp3) is 0.364. The highest BCUT2D eigenvalue weighted by atomic mass is 32.2. The maximum absolute atomic E-state index is 12.5. The summed E-state index contributed by atoms with van der Waals surface area (Å²) in [4.78, 5) is 25.6. The van der Waals surface area contributed by atoms with Crippen molar-refractivity contribution in [2.24, 2.45) is 7.05 Å². The Bertz CT molecular complexity index is 1140. The molecule has 0 aliphatic rings. The van der Waals surface area contributed by atoms with Crippen LogP contribution < -0.4 is 10.1 Å². The highest BCUT2D eigenvalue weighted by Gasteiger charge is 2.22. The lowest BCUT2D eigenvalue weighted by molar-refractivity contribution is -0.113. The van der Waals surface area contributed by atoms with Gasteiger partial charge in [0.25, 0.3) is 0 Å². The minimum atomic E-state index is -0.463. The second-order valence-electron chi connectivity index (χ2n) is 7.24. The lowest BCUT2D eigenvalue weighted by Gasteiger charge is -2.15. The second kappa shape index (κ2) is 10.2. The van der Waals surface area contributed by atoms with E-state index in [4.69, 9.17) is 9.47 Å². The summed E-state index contributed by atoms with van der Waals surface area (Å²) in [5.41, 5.74) is 2.25. The molecule has 3 rings (SSSR count). The van der Waals surface area contributed by atoms with E-state index in [0.29, 0.717) is 21.5 Å². The summed E-state index contributed by atoms with van der Waals surface area (Å²) >= 11 is 2.62. The molecule has 1 N–H and O–H groups in total. The third-order valence-corrected chi connectivity index (χ3v) is 7.13. The Hall–Kier alpha value is -2.85. The number of esters is 1. The van der Waals surface area contributed by atoms with Gasteiger partial charge in [0.05, 0.1) is 18.4 Å². The number of para-hydroxylation sites is 1. The van der Waals surface area contributed by atoms with E-state index in [1.165, 1.54) is 30.2 Å². The first-order valence-electron chi connectivity index (χ1n) is 9.95. The number of aromatic nitrogens is 3. The lowest BCUT2D eigenvalue weighted by atomic mass is 10.1. The number of methoxy groups -OCH3 is 1. The van der Waals surface area contributed by atoms with Gasteiger partial charge in [-0.05, 0) is 44.9 Å². The maximum atomic E-state index is 12.5. The van der Waals surface area contributed by atoms with Crippen LogP contribution in [0.3, 0.4) is 0 Å². The number of hydrogen-bond donors (Lipinski definition) is 1. The van der Waals surface area contributed by atoms with Gasteiger partial charge < -0.3 is 19.4 Å². The highest BCUT2D eigenvalue weighted by molar-refractivity contribution is 7.99. The first kappa shape index (κ1) is 23.8. The topological polar surface area (TPSA) is 95.3 Å². The molecule has 0 saturated carbocycles. The van der Waals surface area contributed by atoms with Crippen LogP contribution in [0.2, 0.25) is 0 Å². The molecule has 0 spiro atoms. The summed E-state index contributed by atoms with van der Waals surface area (Å²) in [6, 6.07) is 7.79. The molecule has 0 bridgehead atoms. The van der Waals surface area contributed by atoms with Crippen LogP contribution in [0.5, 0.6) is 5.75 Å². The molecule has 8 nitrogen and oxygen atoms in total. The van der Waals surface area contributed by atoms with Crippen LogP contribution >= 0.6 is 23.1 Å². The van der Waals surface area contributed by atoms with Crippen LogP contribution in [0.1, 0.15) is 45.2 Å². The molecule has 0 fully saturated rings. The number of rotatable bonds is 8. The molecule has 2 aromatic heterocycles. The van der Waals surface area contributed by atoms with Crippen LogP contribution in [0.25, 0.3) is 0 Å². The summed E-state index contributed by atoms with van der Waals surface area (Å²) in [7, 11) is 3.17. The first-order chi connectivity index (χ1) is 15.2. The molecule has 10 heteroatoms. The molecule has 0 aliphatic heterocycles. The molecule has 0 aliphatic carbocycles. The van der Waals surface area contributed by atoms with E-state index < -0.39 is 5.97 Å². The Morgan fingerprint density at radius 3 is 2.62 bits per heavy atom. The van der Waals surface area contributed by atoms with E-state index in [1.54, 1.807) is 0 Å². The number of thioether (sulfide) groups is 1. The van der Waals surface area contributed by atoms with Crippen molar-refractivity contribution < 1.29 is 19.1 Å². The van der Waals surface area contributed by atoms with Crippen molar-refractivity contribution in [1.29, 1.82) is 0 Å². The summed E-state index contributed by atoms with van der Waals surface area (Å²) in [5, 5.41) is 12.4. The SMILES string of the molecule is COC(=O)c1c(NC(=O)CSc2nnc(C(C)Oc3ccccc3C)n2C)sc(C)c1C. The monoisotopic (exact) mass is 474 g/mol. The maximum Gasteiger partial charge on any atom is 0.341 e. The van der Waals surface area contributed by atoms with Crippen LogP contribution in [-0.4, -0.2) is 39.5 Å². The van der Waals surface area contributed by atoms with Gasteiger partial charge in [0, 0.05) is 11.9 Å². The van der Waals surface area contributed by atoms with Gasteiger partial charge in [0.1, 0.15) is 10.8 Å². The number of nitrogens with zero attached hydrogens (tertiary/aromatic N) is 3. The standard InChI is InChI=1S/C22H26N4O4S2/c1-12-9-7-8-10-16(12)30-14(3)19-24-25-22(26(19)5)31-11-17(27)23-20-18(21(28)29-6)13(2)15(4)32-20/h7-10,14H,11H2,1-6H3,(H,23,27). The van der Waals surface area contributed by atoms with Gasteiger partial charge in [-0.15, -0.1) is 21.5 Å². The van der Waals surface area contributed by atoms with E-state index in [-0.39, 0.29) is 17.8 Å². The van der Waals surface area contributed by atoms with Crippen LogP contribution in [-0.2, 0) is 16.6 Å². The smallest absolute Gasteiger partial charge is 0.341 e. The molecule has 1 aromatic carbocycles. The first-order valence-corrected chi connectivity index (χ1v) is 11.8. The summed E-state index contributed by atoms with van der Waals surface area (Å²) in [5.74, 6) is 0.869. The number of thiophene rings is 1. The third-order valence-electron chi connectivity index (χ3n) is 4.99. The van der Waals surface area contributed by atoms with E-state index in [2.05, 4.69) is 15.5 Å². The van der Waals surface area contributed by atoms with Gasteiger partial charge in [0.2, 0.25) is 5.91 Å². The lowest BCUT2D eigenvalue weighted by Crippen LogP contribution is -2.16. The Labute approximate surface area is 195 Å². The number of ether oxygens (including phenoxy) is 2. The fourth-order valence-electron chi connectivity index (χ4n) is 3.09. The summed E-state index contributed by atoms with van der Waals surface area (Å²) in [6.45, 7) is 7.64. The number of amides is 1. The average Bonchev–Trinajstić information content (AvgIpc) is 3.26. The van der Waals surface area contributed by atoms with Crippen molar-refractivity contribution in [2.45, 2.75) is 39.0 Å². The largest absolute Gasteiger partial charge is 0.482 e. The van der Waals surface area contributed by atoms with Gasteiger partial charge in [-0.3, -0.25) is 4.79 Å². The van der Waals surface area contributed by atoms with E-state index in [1.807, 2.05) is 63.6 Å². The minimum Gasteiger partial charge on any atom is -0.482 e. The molecule has 0 radical (unpaired) electrons. The number of benzene rings is 1. The predicted molar refractivity (Wildman–Crippen MR) is 126 cm³/mol. The van der Waals surface area contributed by atoms with E-state index in [0.717, 1.165) is 21.8 Å². The molecule has 1 amide bonds. The van der Waals surface area contributed by atoms with Crippen molar-refractivity contribution in [3.05, 3.63) is 51.7 Å². The van der Waals surface area contributed by atoms with Gasteiger partial charge >= 0.3 is 5.97 Å². The number of hydrogen-bond acceptors (Lipinski definition) is 8. The van der Waals surface area contributed by atoms with Gasteiger partial charge in [-0.25, -0.2) is 4.79 Å². The third kappa shape index (κ3) is 5.13. The fourth-order valence-corrected chi connectivity index (χ4v) is 4.88. The quantitative estimate of drug-likeness (QED) is 0.380. The molecule has 2 heterocycles. The Morgan fingerprint density at radius 1 is 1.22 bits per heavy atom. The normalized spacial score (nSPS) is 11.8. The van der Waals surface area contributed by atoms with Crippen LogP contribution in [0.15, 0.2) is 29.4 Å². The Morgan fingerprint density at radius 2 is 1.94 bits per heavy atom. The van der Waals surface area contributed by atoms with Gasteiger partial charge in [-0.1, -0.05) is 30.0 Å². The highest BCUT2D eigenvalue weighted by Crippen LogP contribution is 2.33. The van der Waals surface area contributed by atoms with E-state index >= 15 is 0 Å². The molecule has 3 aromatic rings. The van der Waals surface area contributed by atoms with Crippen molar-refractivity contribution in [2.75, 3.05) is 18.2 Å². The Balaban J connectivity index is 1.64. The number of anilines is 1. The van der Waals surface area contributed by atoms with Crippen molar-refractivity contribution in [3.8, 4) is 5.75 Å². The molecule has 1 unspecified atom stereocenters. The van der Waals surface area contributed by atoms with Crippen LogP contribution in [0.4, 0.5) is 5.00 Å². The Kier molecular flexibility index (Phi) is 7.57. The summed E-state index contributed by atoms with van der Waals surface area (Å²) in [6.07, 6.45) is -0.309. The van der Waals surface area contributed by atoms with Crippen molar-refractivity contribution in [3.63, 3.8) is 0 Å². The van der Waals surface area contributed by atoms with Crippen molar-refractivity contribution >= 4 is 40.0 Å². The second-order valence-corrected chi connectivity index (χ2v) is 9.41. The van der Waals surface area contributed by atoms with Crippen LogP contribution in [0, 0.1) is 20.8 Å². The average molecular weight is 475 g/mol. The molecule has 32 heavy (non-hydrogen) atoms. The molecular formula is C22H26N4O4S2. The molecular weight excluding hydrogens is 448 g/mol. The van der Waals surface area contributed by atoms with E-state index in [9.17, 15) is 9.59 Å². The van der Waals surface area contributed by atoms with Gasteiger partial charge in [-0.2, -0.15) is 0 Å². The zero-order chi connectivity index (χ0) is 23.4. The van der Waals surface area contributed by atoms with Crippen molar-refractivity contribution in [1.82, 2.24) is 14.8 Å². The zero-order valence-electron chi connectivity index (χ0n) is 18.9. The number of nitrogens with one attached hydrogen (secondary N) is 1. The number of carbonyl (C=O) groups is 2. The molecule has 170 valence electrons. The number of aryl methyl sites for hydroxylation is 2. The summed E-state index contributed by atoms with van der Waals surface area (Å²) < 4.78 is 12.7. The van der Waals surface area contributed by atoms with Gasteiger partial charge in [0.15, 0.2) is 17.1 Å². The molecule has 0 saturated heterocycles. The minimum absolute atomic E-state index is 0.121. The number of carbonyl (C=O) groups excluding carboxylic acids is 2. The zero-order valence-corrected chi connectivity index (χ0v) is 20.5. The molecule has 1 atom stereocenters.